The van der Waals surface area contributed by atoms with Crippen molar-refractivity contribution in [1.29, 1.82) is 0 Å². The zero-order chi connectivity index (χ0) is 16.9. The van der Waals surface area contributed by atoms with Crippen LogP contribution >= 0.6 is 0 Å². The number of esters is 1. The molecular formula is C18H27NO4Zn. The maximum Gasteiger partial charge on any atom is 0.311 e. The number of nitro groups is 1. The molecule has 1 aromatic carbocycles. The van der Waals surface area contributed by atoms with Crippen molar-refractivity contribution in [3.05, 3.63) is 34.4 Å². The number of nitrogens with zero attached hydrogens (tertiary/aromatic N) is 1. The summed E-state index contributed by atoms with van der Waals surface area (Å²) in [5, 5.41) is 10.5. The fourth-order valence-electron chi connectivity index (χ4n) is 2.40. The molecule has 0 fully saturated rings. The molecule has 1 rings (SSSR count). The van der Waals surface area contributed by atoms with E-state index in [1.165, 1.54) is 62.8 Å². The number of ether oxygens (including phenoxy) is 1. The molecule has 5 nitrogen and oxygen atoms in total. The van der Waals surface area contributed by atoms with Crippen LogP contribution in [-0.4, -0.2) is 10.9 Å². The summed E-state index contributed by atoms with van der Waals surface area (Å²) in [5.41, 5.74) is -0.0104. The van der Waals surface area contributed by atoms with Crippen molar-refractivity contribution in [2.75, 3.05) is 0 Å². The van der Waals surface area contributed by atoms with Gasteiger partial charge in [0.1, 0.15) is 5.75 Å². The third-order valence-electron chi connectivity index (χ3n) is 3.76. The first kappa shape index (κ1) is 22.7. The van der Waals surface area contributed by atoms with E-state index in [1.807, 2.05) is 0 Å². The second-order valence-corrected chi connectivity index (χ2v) is 5.80. The first-order valence-corrected chi connectivity index (χ1v) is 8.58. The molecule has 0 aliphatic carbocycles. The smallest absolute Gasteiger partial charge is 0.311 e. The molecule has 24 heavy (non-hydrogen) atoms. The summed E-state index contributed by atoms with van der Waals surface area (Å²) in [6, 6.07) is 5.57. The van der Waals surface area contributed by atoms with Crippen molar-refractivity contribution < 1.29 is 33.9 Å². The van der Waals surface area contributed by atoms with Crippen LogP contribution in [0.2, 0.25) is 0 Å². The van der Waals surface area contributed by atoms with Gasteiger partial charge in [-0.05, 0) is 18.6 Å². The zero-order valence-electron chi connectivity index (χ0n) is 14.7. The summed E-state index contributed by atoms with van der Waals surface area (Å²) in [6.07, 6.45) is 11.2. The van der Waals surface area contributed by atoms with Crippen LogP contribution in [0, 0.1) is 10.1 Å². The van der Waals surface area contributed by atoms with Crippen molar-refractivity contribution in [1.82, 2.24) is 0 Å². The number of carbonyl (C=O) groups is 1. The second-order valence-electron chi connectivity index (χ2n) is 5.80. The molecule has 130 valence electrons. The maximum absolute atomic E-state index is 11.7. The van der Waals surface area contributed by atoms with Gasteiger partial charge in [0, 0.05) is 38.0 Å². The average molecular weight is 387 g/mol. The molecular weight excluding hydrogens is 360 g/mol. The van der Waals surface area contributed by atoms with Gasteiger partial charge in [-0.3, -0.25) is 14.9 Å². The van der Waals surface area contributed by atoms with Gasteiger partial charge in [-0.1, -0.05) is 58.3 Å². The normalized spacial score (nSPS) is 10.0. The molecule has 0 saturated carbocycles. The minimum Gasteiger partial charge on any atom is -0.427 e. The Morgan fingerprint density at radius 2 is 1.46 bits per heavy atom. The van der Waals surface area contributed by atoms with Gasteiger partial charge in [0.2, 0.25) is 0 Å². The molecule has 1 aromatic rings. The van der Waals surface area contributed by atoms with Gasteiger partial charge in [0.25, 0.3) is 5.69 Å². The molecule has 6 heteroatoms. The van der Waals surface area contributed by atoms with E-state index in [0.717, 1.165) is 19.3 Å². The van der Waals surface area contributed by atoms with Gasteiger partial charge in [-0.25, -0.2) is 0 Å². The third-order valence-corrected chi connectivity index (χ3v) is 3.76. The fourth-order valence-corrected chi connectivity index (χ4v) is 2.40. The Labute approximate surface area is 157 Å². The molecule has 0 aliphatic heterocycles. The Bertz CT molecular complexity index is 476. The van der Waals surface area contributed by atoms with E-state index >= 15 is 0 Å². The first-order chi connectivity index (χ1) is 11.1. The summed E-state index contributed by atoms with van der Waals surface area (Å²) in [5.74, 6) is 0.0818. The predicted molar refractivity (Wildman–Crippen MR) is 90.6 cm³/mol. The number of rotatable bonds is 12. The van der Waals surface area contributed by atoms with Gasteiger partial charge in [0.05, 0.1) is 4.92 Å². The Morgan fingerprint density at radius 1 is 0.958 bits per heavy atom. The Hall–Kier alpha value is -1.29. The molecule has 0 unspecified atom stereocenters. The van der Waals surface area contributed by atoms with E-state index in [9.17, 15) is 14.9 Å². The fraction of sp³-hybridized carbons (Fsp3) is 0.611. The van der Waals surface area contributed by atoms with E-state index in [4.69, 9.17) is 4.74 Å². The van der Waals surface area contributed by atoms with Gasteiger partial charge in [-0.15, -0.1) is 0 Å². The molecule has 0 radical (unpaired) electrons. The Kier molecular flexibility index (Phi) is 13.3. The summed E-state index contributed by atoms with van der Waals surface area (Å²) >= 11 is 0. The van der Waals surface area contributed by atoms with Crippen LogP contribution in [0.3, 0.4) is 0 Å². The third kappa shape index (κ3) is 10.5. The topological polar surface area (TPSA) is 69.4 Å². The summed E-state index contributed by atoms with van der Waals surface area (Å²) < 4.78 is 5.16. The Morgan fingerprint density at radius 3 is 1.96 bits per heavy atom. The number of unbranched alkanes of at least 4 members (excludes halogenated alkanes) is 8. The van der Waals surface area contributed by atoms with Crippen LogP contribution in [-0.2, 0) is 24.3 Å². The van der Waals surface area contributed by atoms with Crippen molar-refractivity contribution in [3.8, 4) is 5.75 Å². The van der Waals surface area contributed by atoms with Crippen LogP contribution < -0.4 is 4.74 Å². The average Bonchev–Trinajstić information content (AvgIpc) is 2.54. The standard InChI is InChI=1S/C18H27NO4.Zn/c1-2-3-4-5-6-7-8-9-10-11-18(20)23-17-14-12-16(13-15-17)19(21)22;/h12-15H,2-11H2,1H3;. The largest absolute Gasteiger partial charge is 0.427 e. The number of hydrogen-bond donors (Lipinski definition) is 0. The van der Waals surface area contributed by atoms with E-state index in [2.05, 4.69) is 6.92 Å². The Balaban J connectivity index is 0.00000529. The quantitative estimate of drug-likeness (QED) is 0.120. The number of non-ortho nitro benzene ring substituents is 1. The predicted octanol–water partition coefficient (Wildman–Crippen LogP) is 5.42. The molecule has 0 aliphatic rings. The summed E-state index contributed by atoms with van der Waals surface area (Å²) in [6.45, 7) is 2.22. The summed E-state index contributed by atoms with van der Waals surface area (Å²) in [7, 11) is 0. The molecule has 0 aromatic heterocycles. The summed E-state index contributed by atoms with van der Waals surface area (Å²) in [4.78, 5) is 21.7. The SMILES string of the molecule is CCCCCCCCCCCC(=O)Oc1ccc([N+](=O)[O-])cc1.[Zn]. The van der Waals surface area contributed by atoms with Crippen LogP contribution in [0.1, 0.15) is 71.1 Å². The number of benzene rings is 1. The number of nitro benzene ring substituents is 1. The number of hydrogen-bond acceptors (Lipinski definition) is 4. The van der Waals surface area contributed by atoms with Gasteiger partial charge >= 0.3 is 5.97 Å². The molecule has 0 N–H and O–H groups in total. The molecule has 0 heterocycles. The minimum absolute atomic E-state index is 0. The molecule has 0 spiro atoms. The monoisotopic (exact) mass is 385 g/mol. The van der Waals surface area contributed by atoms with Crippen LogP contribution in [0.5, 0.6) is 5.75 Å². The second kappa shape index (κ2) is 14.1. The van der Waals surface area contributed by atoms with Crippen molar-refractivity contribution in [3.63, 3.8) is 0 Å². The van der Waals surface area contributed by atoms with E-state index in [1.54, 1.807) is 0 Å². The molecule has 0 saturated heterocycles. The zero-order valence-corrected chi connectivity index (χ0v) is 17.6. The van der Waals surface area contributed by atoms with Crippen LogP contribution in [0.25, 0.3) is 0 Å². The van der Waals surface area contributed by atoms with Crippen molar-refractivity contribution in [2.45, 2.75) is 71.1 Å². The van der Waals surface area contributed by atoms with Gasteiger partial charge in [0.15, 0.2) is 0 Å². The maximum atomic E-state index is 11.7. The van der Waals surface area contributed by atoms with Crippen molar-refractivity contribution in [2.24, 2.45) is 0 Å². The van der Waals surface area contributed by atoms with E-state index in [-0.39, 0.29) is 31.1 Å². The first-order valence-electron chi connectivity index (χ1n) is 8.58. The minimum atomic E-state index is -0.478. The van der Waals surface area contributed by atoms with Crippen LogP contribution in [0.4, 0.5) is 5.69 Å². The van der Waals surface area contributed by atoms with Crippen LogP contribution in [0.15, 0.2) is 24.3 Å². The van der Waals surface area contributed by atoms with E-state index < -0.39 is 4.92 Å². The number of carbonyl (C=O) groups excluding carboxylic acids is 1. The molecule has 0 amide bonds. The van der Waals surface area contributed by atoms with Crippen molar-refractivity contribution >= 4 is 11.7 Å². The van der Waals surface area contributed by atoms with Gasteiger partial charge in [-0.2, -0.15) is 0 Å². The van der Waals surface area contributed by atoms with E-state index in [0.29, 0.717) is 12.2 Å². The molecule has 0 bridgehead atoms. The van der Waals surface area contributed by atoms with Gasteiger partial charge < -0.3 is 4.74 Å². The molecule has 0 atom stereocenters.